The monoisotopic (exact) mass is 348 g/mol. The summed E-state index contributed by atoms with van der Waals surface area (Å²) in [5.41, 5.74) is 0.686. The van der Waals surface area contributed by atoms with E-state index in [0.717, 1.165) is 18.4 Å². The van der Waals surface area contributed by atoms with Gasteiger partial charge >= 0.3 is 6.09 Å². The third-order valence-corrected chi connectivity index (χ3v) is 4.51. The Morgan fingerprint density at radius 2 is 1.88 bits per heavy atom. The van der Waals surface area contributed by atoms with Crippen LogP contribution in [0.5, 0.6) is 0 Å². The van der Waals surface area contributed by atoms with Crippen molar-refractivity contribution in [3.63, 3.8) is 0 Å². The standard InChI is InChI=1S/C20H32N2O3/c1-15(18(23)14-16-8-6-5-7-9-16)21-17-10-12-22(13-11-17)19(24)25-20(2,3)4/h5-9,15,17-18,21,23H,10-14H2,1-4H3. The molecule has 2 atom stereocenters. The van der Waals surface area contributed by atoms with Gasteiger partial charge in [0.15, 0.2) is 0 Å². The van der Waals surface area contributed by atoms with Gasteiger partial charge in [0.1, 0.15) is 5.60 Å². The van der Waals surface area contributed by atoms with Gasteiger partial charge in [-0.15, -0.1) is 0 Å². The van der Waals surface area contributed by atoms with Crippen LogP contribution in [0.4, 0.5) is 4.79 Å². The molecule has 0 aliphatic carbocycles. The molecule has 0 aromatic heterocycles. The van der Waals surface area contributed by atoms with Gasteiger partial charge in [0.2, 0.25) is 0 Å². The number of nitrogens with zero attached hydrogens (tertiary/aromatic N) is 1. The number of amides is 1. The van der Waals surface area contributed by atoms with Crippen LogP contribution < -0.4 is 5.32 Å². The summed E-state index contributed by atoms with van der Waals surface area (Å²) in [7, 11) is 0. The summed E-state index contributed by atoms with van der Waals surface area (Å²) < 4.78 is 5.42. The summed E-state index contributed by atoms with van der Waals surface area (Å²) in [4.78, 5) is 13.9. The van der Waals surface area contributed by atoms with Crippen molar-refractivity contribution in [2.24, 2.45) is 0 Å². The number of rotatable bonds is 5. The van der Waals surface area contributed by atoms with Gasteiger partial charge in [0.05, 0.1) is 6.10 Å². The van der Waals surface area contributed by atoms with Gasteiger partial charge < -0.3 is 20.1 Å². The third-order valence-electron chi connectivity index (χ3n) is 4.51. The summed E-state index contributed by atoms with van der Waals surface area (Å²) >= 11 is 0. The first-order valence-corrected chi connectivity index (χ1v) is 9.20. The van der Waals surface area contributed by atoms with E-state index in [-0.39, 0.29) is 12.1 Å². The Bertz CT molecular complexity index is 534. The van der Waals surface area contributed by atoms with Gasteiger partial charge in [-0.2, -0.15) is 0 Å². The lowest BCUT2D eigenvalue weighted by Gasteiger charge is -2.35. The van der Waals surface area contributed by atoms with Crippen molar-refractivity contribution in [2.75, 3.05) is 13.1 Å². The van der Waals surface area contributed by atoms with Crippen LogP contribution in [0.1, 0.15) is 46.1 Å². The molecule has 140 valence electrons. The number of hydrogen-bond donors (Lipinski definition) is 2. The lowest BCUT2D eigenvalue weighted by atomic mass is 10.00. The number of benzene rings is 1. The van der Waals surface area contributed by atoms with E-state index >= 15 is 0 Å². The highest BCUT2D eigenvalue weighted by Gasteiger charge is 2.28. The molecule has 1 aromatic rings. The maximum atomic E-state index is 12.1. The topological polar surface area (TPSA) is 61.8 Å². The highest BCUT2D eigenvalue weighted by atomic mass is 16.6. The smallest absolute Gasteiger partial charge is 0.410 e. The summed E-state index contributed by atoms with van der Waals surface area (Å²) in [5, 5.41) is 13.9. The van der Waals surface area contributed by atoms with Crippen LogP contribution in [0.25, 0.3) is 0 Å². The maximum Gasteiger partial charge on any atom is 0.410 e. The lowest BCUT2D eigenvalue weighted by molar-refractivity contribution is 0.0188. The highest BCUT2D eigenvalue weighted by Crippen LogP contribution is 2.16. The number of aliphatic hydroxyl groups excluding tert-OH is 1. The quantitative estimate of drug-likeness (QED) is 0.859. The molecule has 0 saturated carbocycles. The fourth-order valence-electron chi connectivity index (χ4n) is 3.07. The van der Waals surface area contributed by atoms with E-state index in [9.17, 15) is 9.90 Å². The van der Waals surface area contributed by atoms with Crippen LogP contribution in [-0.2, 0) is 11.2 Å². The zero-order valence-electron chi connectivity index (χ0n) is 15.9. The zero-order valence-corrected chi connectivity index (χ0v) is 15.9. The zero-order chi connectivity index (χ0) is 18.4. The lowest BCUT2D eigenvalue weighted by Crippen LogP contribution is -2.50. The summed E-state index contributed by atoms with van der Waals surface area (Å²) in [5.74, 6) is 0. The second kappa shape index (κ2) is 8.68. The highest BCUT2D eigenvalue weighted by molar-refractivity contribution is 5.68. The Morgan fingerprint density at radius 3 is 2.44 bits per heavy atom. The first kappa shape index (κ1) is 19.7. The normalized spacial score (nSPS) is 18.7. The number of likely N-dealkylation sites (tertiary alicyclic amines) is 1. The van der Waals surface area contributed by atoms with E-state index in [1.165, 1.54) is 0 Å². The van der Waals surface area contributed by atoms with E-state index in [1.807, 2.05) is 58.0 Å². The molecule has 0 radical (unpaired) electrons. The molecule has 0 spiro atoms. The minimum Gasteiger partial charge on any atom is -0.444 e. The number of ether oxygens (including phenoxy) is 1. The molecule has 1 aliphatic heterocycles. The minimum atomic E-state index is -0.456. The SMILES string of the molecule is CC(NC1CCN(C(=O)OC(C)(C)C)CC1)C(O)Cc1ccccc1. The number of aliphatic hydroxyl groups is 1. The minimum absolute atomic E-state index is 0.0123. The molecule has 0 bridgehead atoms. The first-order valence-electron chi connectivity index (χ1n) is 9.20. The summed E-state index contributed by atoms with van der Waals surface area (Å²) in [6, 6.07) is 10.4. The predicted octanol–water partition coefficient (Wildman–Crippen LogP) is 2.97. The molecule has 1 amide bonds. The molecule has 2 N–H and O–H groups in total. The molecule has 1 aliphatic rings. The van der Waals surface area contributed by atoms with E-state index in [4.69, 9.17) is 4.74 Å². The van der Waals surface area contributed by atoms with Gasteiger partial charge in [-0.3, -0.25) is 0 Å². The molecule has 1 heterocycles. The van der Waals surface area contributed by atoms with Crippen molar-refractivity contribution < 1.29 is 14.6 Å². The van der Waals surface area contributed by atoms with Gasteiger partial charge in [0.25, 0.3) is 0 Å². The van der Waals surface area contributed by atoms with Crippen LogP contribution in [0.15, 0.2) is 30.3 Å². The molecule has 5 heteroatoms. The van der Waals surface area contributed by atoms with E-state index in [2.05, 4.69) is 5.32 Å². The molecular formula is C20H32N2O3. The molecule has 25 heavy (non-hydrogen) atoms. The second-order valence-electron chi connectivity index (χ2n) is 7.95. The predicted molar refractivity (Wildman–Crippen MR) is 99.6 cm³/mol. The van der Waals surface area contributed by atoms with Crippen molar-refractivity contribution in [2.45, 2.75) is 70.7 Å². The van der Waals surface area contributed by atoms with Crippen LogP contribution in [0, 0.1) is 0 Å². The molecule has 1 saturated heterocycles. The van der Waals surface area contributed by atoms with Gasteiger partial charge in [-0.05, 0) is 52.5 Å². The summed E-state index contributed by atoms with van der Waals surface area (Å²) in [6.45, 7) is 9.05. The second-order valence-corrected chi connectivity index (χ2v) is 7.95. The third kappa shape index (κ3) is 6.67. The number of piperidine rings is 1. The average Bonchev–Trinajstić information content (AvgIpc) is 2.54. The molecule has 2 rings (SSSR count). The number of nitrogens with one attached hydrogen (secondary N) is 1. The Hall–Kier alpha value is -1.59. The fourth-order valence-corrected chi connectivity index (χ4v) is 3.07. The fraction of sp³-hybridized carbons (Fsp3) is 0.650. The number of hydrogen-bond acceptors (Lipinski definition) is 4. The van der Waals surface area contributed by atoms with E-state index < -0.39 is 11.7 Å². The molecule has 1 aromatic carbocycles. The molecule has 2 unspecified atom stereocenters. The van der Waals surface area contributed by atoms with Gasteiger partial charge in [-0.25, -0.2) is 4.79 Å². The van der Waals surface area contributed by atoms with Gasteiger partial charge in [-0.1, -0.05) is 30.3 Å². The number of carbonyl (C=O) groups excluding carboxylic acids is 1. The van der Waals surface area contributed by atoms with Gasteiger partial charge in [0, 0.05) is 25.2 Å². The molecular weight excluding hydrogens is 316 g/mol. The Balaban J connectivity index is 1.74. The van der Waals surface area contributed by atoms with E-state index in [1.54, 1.807) is 4.90 Å². The van der Waals surface area contributed by atoms with Crippen LogP contribution in [-0.4, -0.2) is 53.0 Å². The Labute approximate surface area is 151 Å². The van der Waals surface area contributed by atoms with Crippen LogP contribution in [0.2, 0.25) is 0 Å². The van der Waals surface area contributed by atoms with Crippen molar-refractivity contribution >= 4 is 6.09 Å². The Morgan fingerprint density at radius 1 is 1.28 bits per heavy atom. The van der Waals surface area contributed by atoms with Crippen molar-refractivity contribution in [3.8, 4) is 0 Å². The maximum absolute atomic E-state index is 12.1. The largest absolute Gasteiger partial charge is 0.444 e. The average molecular weight is 348 g/mol. The van der Waals surface area contributed by atoms with Crippen LogP contribution >= 0.6 is 0 Å². The van der Waals surface area contributed by atoms with Crippen LogP contribution in [0.3, 0.4) is 0 Å². The van der Waals surface area contributed by atoms with Crippen molar-refractivity contribution in [1.29, 1.82) is 0 Å². The molecule has 1 fully saturated rings. The van der Waals surface area contributed by atoms with Crippen molar-refractivity contribution in [3.05, 3.63) is 35.9 Å². The summed E-state index contributed by atoms with van der Waals surface area (Å²) in [6.07, 6.45) is 1.74. The van der Waals surface area contributed by atoms with Crippen molar-refractivity contribution in [1.82, 2.24) is 10.2 Å². The van der Waals surface area contributed by atoms with E-state index in [0.29, 0.717) is 25.6 Å². The first-order chi connectivity index (χ1) is 11.7. The Kier molecular flexibility index (Phi) is 6.85. The number of carbonyl (C=O) groups is 1. The molecule has 5 nitrogen and oxygen atoms in total.